The molecule has 26 heavy (non-hydrogen) atoms. The number of carbonyl (C=O) groups excluding carboxylic acids is 1. The van der Waals surface area contributed by atoms with Gasteiger partial charge in [0.15, 0.2) is 0 Å². The summed E-state index contributed by atoms with van der Waals surface area (Å²) in [6, 6.07) is 0. The molecule has 0 aliphatic carbocycles. The van der Waals surface area contributed by atoms with E-state index in [0.29, 0.717) is 6.42 Å². The van der Waals surface area contributed by atoms with E-state index in [-0.39, 0.29) is 12.1 Å². The van der Waals surface area contributed by atoms with Crippen LogP contribution in [-0.2, 0) is 4.79 Å². The molecule has 1 aliphatic heterocycles. The van der Waals surface area contributed by atoms with Gasteiger partial charge in [0.05, 0.1) is 6.17 Å². The van der Waals surface area contributed by atoms with Crippen LogP contribution >= 0.6 is 0 Å². The first kappa shape index (κ1) is 23.4. The highest BCUT2D eigenvalue weighted by Gasteiger charge is 2.11. The van der Waals surface area contributed by atoms with Crippen LogP contribution in [0.5, 0.6) is 0 Å². The van der Waals surface area contributed by atoms with Crippen LogP contribution in [0.25, 0.3) is 0 Å². The van der Waals surface area contributed by atoms with Crippen LogP contribution < -0.4 is 16.4 Å². The molecule has 0 aromatic heterocycles. The summed E-state index contributed by atoms with van der Waals surface area (Å²) in [5.41, 5.74) is 5.52. The maximum atomic E-state index is 12.1. The number of hydrogen-bond donors (Lipinski definition) is 3. The van der Waals surface area contributed by atoms with Crippen molar-refractivity contribution in [2.45, 2.75) is 122 Å². The molecule has 1 amide bonds. The Labute approximate surface area is 162 Å². The van der Waals surface area contributed by atoms with Crippen molar-refractivity contribution >= 4 is 5.91 Å². The van der Waals surface area contributed by atoms with Crippen molar-refractivity contribution < 1.29 is 4.79 Å². The van der Waals surface area contributed by atoms with Gasteiger partial charge in [-0.25, -0.2) is 0 Å². The molecular weight excluding hydrogens is 322 g/mol. The molecule has 154 valence electrons. The normalized spacial score (nSPS) is 20.7. The van der Waals surface area contributed by atoms with Crippen LogP contribution in [0.3, 0.4) is 0 Å². The lowest BCUT2D eigenvalue weighted by molar-refractivity contribution is -0.122. The smallest absolute Gasteiger partial charge is 0.221 e. The van der Waals surface area contributed by atoms with E-state index in [1.165, 1.54) is 96.3 Å². The van der Waals surface area contributed by atoms with E-state index in [2.05, 4.69) is 10.6 Å². The van der Waals surface area contributed by atoms with Gasteiger partial charge in [-0.05, 0) is 38.8 Å². The second-order valence-electron chi connectivity index (χ2n) is 8.06. The molecule has 0 bridgehead atoms. The average molecular weight is 368 g/mol. The molecule has 0 aromatic carbocycles. The van der Waals surface area contributed by atoms with Gasteiger partial charge < -0.3 is 11.1 Å². The first-order valence-corrected chi connectivity index (χ1v) is 11.6. The van der Waals surface area contributed by atoms with Gasteiger partial charge >= 0.3 is 0 Å². The highest BCUT2D eigenvalue weighted by molar-refractivity contribution is 5.76. The minimum atomic E-state index is 0.180. The first-order chi connectivity index (χ1) is 12.8. The van der Waals surface area contributed by atoms with E-state index >= 15 is 0 Å². The Morgan fingerprint density at radius 3 is 1.96 bits per heavy atom. The number of hydrogen-bond acceptors (Lipinski definition) is 3. The van der Waals surface area contributed by atoms with Crippen LogP contribution in [0, 0.1) is 0 Å². The molecule has 0 spiro atoms. The number of rotatable bonds is 11. The average Bonchev–Trinajstić information content (AvgIpc) is 2.65. The Bertz CT molecular complexity index is 323. The third-order valence-corrected chi connectivity index (χ3v) is 5.50. The topological polar surface area (TPSA) is 67.1 Å². The molecule has 0 radical (unpaired) electrons. The van der Waals surface area contributed by atoms with Crippen LogP contribution in [0.2, 0.25) is 0 Å². The molecule has 0 aromatic rings. The van der Waals surface area contributed by atoms with Crippen LogP contribution in [0.4, 0.5) is 0 Å². The fourth-order valence-corrected chi connectivity index (χ4v) is 3.79. The fourth-order valence-electron chi connectivity index (χ4n) is 3.79. The van der Waals surface area contributed by atoms with Crippen LogP contribution in [0.1, 0.15) is 116 Å². The highest BCUT2D eigenvalue weighted by Crippen LogP contribution is 2.13. The molecule has 1 fully saturated rings. The van der Waals surface area contributed by atoms with E-state index in [1.54, 1.807) is 0 Å². The SMILES string of the molecule is NCCCCCCCCCCNC1CCCCCCCCCCC(=O)N1. The third-order valence-electron chi connectivity index (χ3n) is 5.50. The third kappa shape index (κ3) is 14.5. The minimum Gasteiger partial charge on any atom is -0.341 e. The molecule has 1 atom stereocenters. The van der Waals surface area contributed by atoms with Crippen molar-refractivity contribution in [3.63, 3.8) is 0 Å². The Morgan fingerprint density at radius 1 is 0.769 bits per heavy atom. The van der Waals surface area contributed by atoms with E-state index in [4.69, 9.17) is 5.73 Å². The molecule has 1 heterocycles. The summed E-state index contributed by atoms with van der Waals surface area (Å²) >= 11 is 0. The molecule has 4 N–H and O–H groups in total. The maximum Gasteiger partial charge on any atom is 0.221 e. The monoisotopic (exact) mass is 367 g/mol. The number of nitrogens with two attached hydrogens (primary N) is 1. The lowest BCUT2D eigenvalue weighted by atomic mass is 10.1. The van der Waals surface area contributed by atoms with Gasteiger partial charge in [-0.1, -0.05) is 83.5 Å². The lowest BCUT2D eigenvalue weighted by Gasteiger charge is -2.20. The largest absolute Gasteiger partial charge is 0.341 e. The lowest BCUT2D eigenvalue weighted by Crippen LogP contribution is -2.45. The van der Waals surface area contributed by atoms with Gasteiger partial charge in [0.1, 0.15) is 0 Å². The number of carbonyl (C=O) groups is 1. The molecule has 1 rings (SSSR count). The predicted octanol–water partition coefficient (Wildman–Crippen LogP) is 5.01. The second-order valence-corrected chi connectivity index (χ2v) is 8.06. The Kier molecular flexibility index (Phi) is 16.0. The van der Waals surface area contributed by atoms with Crippen molar-refractivity contribution in [3.8, 4) is 0 Å². The zero-order valence-electron chi connectivity index (χ0n) is 17.2. The van der Waals surface area contributed by atoms with Crippen molar-refractivity contribution in [2.24, 2.45) is 5.73 Å². The second kappa shape index (κ2) is 17.8. The zero-order valence-corrected chi connectivity index (χ0v) is 17.2. The molecule has 0 saturated carbocycles. The summed E-state index contributed by atoms with van der Waals surface area (Å²) in [6.45, 7) is 1.86. The Hall–Kier alpha value is -0.610. The van der Waals surface area contributed by atoms with Gasteiger partial charge in [0, 0.05) is 6.42 Å². The summed E-state index contributed by atoms with van der Waals surface area (Å²) in [4.78, 5) is 12.1. The van der Waals surface area contributed by atoms with Crippen LogP contribution in [-0.4, -0.2) is 25.2 Å². The minimum absolute atomic E-state index is 0.180. The molecule has 4 heteroatoms. The van der Waals surface area contributed by atoms with Crippen molar-refractivity contribution in [2.75, 3.05) is 13.1 Å². The quantitative estimate of drug-likeness (QED) is 0.450. The summed E-state index contributed by atoms with van der Waals surface area (Å²) in [5.74, 6) is 0.235. The van der Waals surface area contributed by atoms with E-state index in [0.717, 1.165) is 25.9 Å². The van der Waals surface area contributed by atoms with Gasteiger partial charge in [-0.15, -0.1) is 0 Å². The van der Waals surface area contributed by atoms with Gasteiger partial charge in [-0.3, -0.25) is 10.1 Å². The fraction of sp³-hybridized carbons (Fsp3) is 0.955. The molecule has 1 aliphatic rings. The number of unbranched alkanes of at least 4 members (excludes halogenated alkanes) is 7. The Balaban J connectivity index is 2.09. The molecule has 1 unspecified atom stereocenters. The molecule has 4 nitrogen and oxygen atoms in total. The maximum absolute atomic E-state index is 12.1. The summed E-state index contributed by atoms with van der Waals surface area (Å²) in [7, 11) is 0. The predicted molar refractivity (Wildman–Crippen MR) is 112 cm³/mol. The number of amides is 1. The summed E-state index contributed by atoms with van der Waals surface area (Å²) in [6.07, 6.45) is 22.4. The van der Waals surface area contributed by atoms with E-state index in [9.17, 15) is 4.79 Å². The molecular formula is C22H45N3O. The van der Waals surface area contributed by atoms with Gasteiger partial charge in [0.25, 0.3) is 0 Å². The zero-order chi connectivity index (χ0) is 18.7. The van der Waals surface area contributed by atoms with Crippen LogP contribution in [0.15, 0.2) is 0 Å². The van der Waals surface area contributed by atoms with Crippen molar-refractivity contribution in [1.82, 2.24) is 10.6 Å². The van der Waals surface area contributed by atoms with E-state index in [1.807, 2.05) is 0 Å². The van der Waals surface area contributed by atoms with Gasteiger partial charge in [-0.2, -0.15) is 0 Å². The highest BCUT2D eigenvalue weighted by atomic mass is 16.1. The Morgan fingerprint density at radius 2 is 1.31 bits per heavy atom. The van der Waals surface area contributed by atoms with E-state index < -0.39 is 0 Å². The molecule has 1 saturated heterocycles. The van der Waals surface area contributed by atoms with Gasteiger partial charge in [0.2, 0.25) is 5.91 Å². The first-order valence-electron chi connectivity index (χ1n) is 11.6. The summed E-state index contributed by atoms with van der Waals surface area (Å²) in [5, 5.41) is 6.82. The standard InChI is InChI=1S/C22H45N3O/c23-19-15-11-7-3-4-8-12-16-20-24-21-17-13-9-5-1-2-6-10-14-18-22(26)25-21/h21,24H,1-20,23H2,(H,25,26). The summed E-state index contributed by atoms with van der Waals surface area (Å²) < 4.78 is 0. The van der Waals surface area contributed by atoms with Crippen molar-refractivity contribution in [1.29, 1.82) is 0 Å². The number of nitrogens with one attached hydrogen (secondary N) is 2. The van der Waals surface area contributed by atoms with Crippen molar-refractivity contribution in [3.05, 3.63) is 0 Å².